The number of benzene rings is 2. The Balaban J connectivity index is 1.16. The van der Waals surface area contributed by atoms with Crippen molar-refractivity contribution in [2.45, 2.75) is 120 Å². The summed E-state index contributed by atoms with van der Waals surface area (Å²) >= 11 is 1.45. The predicted molar refractivity (Wildman–Crippen MR) is 233 cm³/mol. The lowest BCUT2D eigenvalue weighted by molar-refractivity contribution is -0.140. The molecule has 2 aromatic carbocycles. The number of thiazole rings is 1. The normalized spacial score (nSPS) is 24.5. The van der Waals surface area contributed by atoms with E-state index in [0.29, 0.717) is 65.2 Å². The number of hydrogen-bond acceptors (Lipinski definition) is 11. The van der Waals surface area contributed by atoms with Crippen LogP contribution in [0.25, 0.3) is 21.6 Å². The number of allylic oxidation sites excluding steroid dienone is 1. The van der Waals surface area contributed by atoms with Gasteiger partial charge in [-0.1, -0.05) is 44.9 Å². The molecule has 18 heteroatoms. The summed E-state index contributed by atoms with van der Waals surface area (Å²) < 4.78 is 82.0. The number of pyridine rings is 1. The molecule has 0 radical (unpaired) electrons. The van der Waals surface area contributed by atoms with Crippen LogP contribution in [-0.4, -0.2) is 83.6 Å². The molecule has 3 fully saturated rings. The highest BCUT2D eigenvalue weighted by Gasteiger charge is 2.62. The first-order valence-electron chi connectivity index (χ1n) is 21.4. The molecule has 4 aromatic rings. The summed E-state index contributed by atoms with van der Waals surface area (Å²) in [6.07, 6.45) is 2.23. The van der Waals surface area contributed by atoms with Crippen LogP contribution >= 0.6 is 11.3 Å². The van der Waals surface area contributed by atoms with E-state index in [0.717, 1.165) is 29.8 Å². The lowest BCUT2D eigenvalue weighted by atomic mass is 10.0. The molecule has 63 heavy (non-hydrogen) atoms. The van der Waals surface area contributed by atoms with Gasteiger partial charge >= 0.3 is 6.18 Å². The minimum absolute atomic E-state index is 0.0184. The smallest absolute Gasteiger partial charge is 0.416 e. The maximum Gasteiger partial charge on any atom is 0.416 e. The van der Waals surface area contributed by atoms with Crippen LogP contribution in [-0.2, 0) is 30.6 Å². The van der Waals surface area contributed by atoms with Crippen LogP contribution in [0.2, 0.25) is 0 Å². The SMILES string of the molecule is COc1ccc2c(O[C@@H]3C[C@H]4C(=O)N[C@]5(C(=O)NS(=O)(=O)C6CC6)C[C@H]5C=CCCCCC[C@H](Nc5cccc(C(F)(F)F)c5)C(=O)N4C3)cc(-c3nc(C(C)C)cs3)nc2c1C. The number of alkyl halides is 3. The fourth-order valence-electron chi connectivity index (χ4n) is 8.49. The number of amides is 3. The first-order chi connectivity index (χ1) is 30.0. The standard InChI is InChI=1S/C45H51F3N6O7S2/c1-25(2)35-24-62-41(51-35)34-21-38(32-17-18-37(60-4)26(3)39(32)50-34)61-30-20-36-40(55)52-44(43(57)53-63(58,59)31-15-16-31)22-28(44)11-8-6-5-7-9-14-33(42(56)54(36)23-30)49-29-13-10-12-27(19-29)45(46,47)48/h8,10-13,17-19,21,24-25,28,30-31,33,36,49H,5-7,9,14-16,20,22-23H2,1-4H3,(H,52,55)(H,53,57)/t28-,30-,33+,36+,44-/m1/s1. The van der Waals surface area contributed by atoms with E-state index in [2.05, 4.69) is 29.2 Å². The van der Waals surface area contributed by atoms with Gasteiger partial charge in [0.1, 0.15) is 45.9 Å². The van der Waals surface area contributed by atoms with Gasteiger partial charge in [0.05, 0.1) is 35.7 Å². The second-order valence-electron chi connectivity index (χ2n) is 17.3. The number of hydrogen-bond donors (Lipinski definition) is 3. The van der Waals surface area contributed by atoms with Gasteiger partial charge in [-0.15, -0.1) is 11.3 Å². The Bertz CT molecular complexity index is 2560. The van der Waals surface area contributed by atoms with Crippen LogP contribution in [0.4, 0.5) is 18.9 Å². The number of nitrogens with one attached hydrogen (secondary N) is 3. The van der Waals surface area contributed by atoms with Crippen molar-refractivity contribution in [3.63, 3.8) is 0 Å². The number of aryl methyl sites for hydroxylation is 1. The van der Waals surface area contributed by atoms with Crippen LogP contribution in [0.15, 0.2) is 60.0 Å². The van der Waals surface area contributed by atoms with E-state index >= 15 is 0 Å². The molecule has 0 bridgehead atoms. The van der Waals surface area contributed by atoms with Gasteiger partial charge in [0.2, 0.25) is 21.8 Å². The summed E-state index contributed by atoms with van der Waals surface area (Å²) in [6, 6.07) is 7.83. The molecule has 2 saturated carbocycles. The zero-order chi connectivity index (χ0) is 44.8. The Hall–Kier alpha value is -5.23. The second kappa shape index (κ2) is 17.4. The molecule has 0 unspecified atom stereocenters. The Morgan fingerprint density at radius 2 is 1.84 bits per heavy atom. The summed E-state index contributed by atoms with van der Waals surface area (Å²) in [5.41, 5.74) is 0.474. The van der Waals surface area contributed by atoms with Gasteiger partial charge in [-0.3, -0.25) is 19.1 Å². The largest absolute Gasteiger partial charge is 0.496 e. The van der Waals surface area contributed by atoms with Crippen LogP contribution in [0, 0.1) is 12.8 Å². The van der Waals surface area contributed by atoms with Crippen LogP contribution in [0.3, 0.4) is 0 Å². The Kier molecular flexibility index (Phi) is 12.2. The average molecular weight is 909 g/mol. The summed E-state index contributed by atoms with van der Waals surface area (Å²) in [7, 11) is -2.39. The number of nitrogens with zero attached hydrogens (tertiary/aromatic N) is 3. The maximum absolute atomic E-state index is 14.9. The zero-order valence-electron chi connectivity index (χ0n) is 35.5. The number of carbonyl (C=O) groups excluding carboxylic acids is 3. The highest BCUT2D eigenvalue weighted by Crippen LogP contribution is 2.46. The fourth-order valence-corrected chi connectivity index (χ4v) is 10.8. The molecule has 4 heterocycles. The lowest BCUT2D eigenvalue weighted by Crippen LogP contribution is -2.57. The Morgan fingerprint density at radius 1 is 1.05 bits per heavy atom. The molecule has 3 amide bonds. The summed E-state index contributed by atoms with van der Waals surface area (Å²) in [6.45, 7) is 5.90. The number of carbonyl (C=O) groups is 3. The second-order valence-corrected chi connectivity index (χ2v) is 20.1. The molecule has 2 aromatic heterocycles. The van der Waals surface area contributed by atoms with E-state index in [4.69, 9.17) is 19.4 Å². The highest BCUT2D eigenvalue weighted by atomic mass is 32.2. The first-order valence-corrected chi connectivity index (χ1v) is 23.8. The van der Waals surface area contributed by atoms with Gasteiger partial charge in [-0.25, -0.2) is 18.4 Å². The van der Waals surface area contributed by atoms with Gasteiger partial charge in [0, 0.05) is 40.4 Å². The fraction of sp³-hybridized carbons (Fsp3) is 0.489. The number of anilines is 1. The van der Waals surface area contributed by atoms with E-state index in [-0.39, 0.29) is 37.4 Å². The third-order valence-electron chi connectivity index (χ3n) is 12.4. The van der Waals surface area contributed by atoms with E-state index in [1.165, 1.54) is 28.4 Å². The summed E-state index contributed by atoms with van der Waals surface area (Å²) in [5.74, 6) is -1.31. The molecule has 0 spiro atoms. The van der Waals surface area contributed by atoms with E-state index in [9.17, 15) is 36.0 Å². The average Bonchev–Trinajstić information content (AvgIpc) is 4.11. The van der Waals surface area contributed by atoms with Crippen molar-refractivity contribution >= 4 is 55.7 Å². The number of aromatic nitrogens is 2. The molecule has 8 rings (SSSR count). The molecular weight excluding hydrogens is 858 g/mol. The molecular formula is C45H51F3N6O7S2. The maximum atomic E-state index is 14.9. The number of rotatable bonds is 10. The molecule has 13 nitrogen and oxygen atoms in total. The van der Waals surface area contributed by atoms with Gasteiger partial charge in [0.15, 0.2) is 0 Å². The molecule has 3 N–H and O–H groups in total. The summed E-state index contributed by atoms with van der Waals surface area (Å²) in [4.78, 5) is 54.7. The zero-order valence-corrected chi connectivity index (χ0v) is 37.1. The minimum Gasteiger partial charge on any atom is -0.496 e. The number of halogens is 3. The molecule has 2 aliphatic heterocycles. The van der Waals surface area contributed by atoms with Crippen molar-refractivity contribution < 1.29 is 45.4 Å². The van der Waals surface area contributed by atoms with Crippen molar-refractivity contribution in [2.75, 3.05) is 19.0 Å². The third-order valence-corrected chi connectivity index (χ3v) is 15.1. The predicted octanol–water partition coefficient (Wildman–Crippen LogP) is 7.65. The molecule has 4 aliphatic rings. The first kappa shape index (κ1) is 44.4. The van der Waals surface area contributed by atoms with Gasteiger partial charge in [0.25, 0.3) is 5.91 Å². The van der Waals surface area contributed by atoms with Crippen LogP contribution in [0.5, 0.6) is 11.5 Å². The van der Waals surface area contributed by atoms with Gasteiger partial charge in [-0.05, 0) is 81.7 Å². The third kappa shape index (κ3) is 9.38. The number of ether oxygens (including phenoxy) is 2. The van der Waals surface area contributed by atoms with E-state index in [1.54, 1.807) is 19.2 Å². The Labute approximate surface area is 368 Å². The monoisotopic (exact) mass is 908 g/mol. The van der Waals surface area contributed by atoms with Crippen molar-refractivity contribution in [3.8, 4) is 22.2 Å². The molecule has 5 atom stereocenters. The minimum atomic E-state index is -4.61. The van der Waals surface area contributed by atoms with E-state index in [1.807, 2.05) is 30.5 Å². The van der Waals surface area contributed by atoms with Crippen molar-refractivity contribution in [1.29, 1.82) is 0 Å². The molecule has 2 aliphatic carbocycles. The molecule has 1 saturated heterocycles. The van der Waals surface area contributed by atoms with Crippen LogP contribution < -0.4 is 24.8 Å². The van der Waals surface area contributed by atoms with Crippen molar-refractivity contribution in [1.82, 2.24) is 24.9 Å². The van der Waals surface area contributed by atoms with Gasteiger partial charge in [-0.2, -0.15) is 13.2 Å². The number of methoxy groups -OCH3 is 1. The lowest BCUT2D eigenvalue weighted by Gasteiger charge is -2.30. The van der Waals surface area contributed by atoms with Crippen LogP contribution in [0.1, 0.15) is 94.4 Å². The van der Waals surface area contributed by atoms with Crippen molar-refractivity contribution in [2.24, 2.45) is 5.92 Å². The summed E-state index contributed by atoms with van der Waals surface area (Å²) in [5, 5.41) is 8.57. The molecule has 336 valence electrons. The van der Waals surface area contributed by atoms with Gasteiger partial charge < -0.3 is 25.0 Å². The number of sulfonamides is 1. The Morgan fingerprint density at radius 3 is 2.56 bits per heavy atom. The number of fused-ring (bicyclic) bond motifs is 3. The van der Waals surface area contributed by atoms with E-state index < -0.39 is 74.4 Å². The topological polar surface area (TPSA) is 169 Å². The van der Waals surface area contributed by atoms with Crippen molar-refractivity contribution in [3.05, 3.63) is 76.8 Å². The highest BCUT2D eigenvalue weighted by molar-refractivity contribution is 7.91. The quantitative estimate of drug-likeness (QED) is 0.135.